The summed E-state index contributed by atoms with van der Waals surface area (Å²) in [5.74, 6) is 0. The van der Waals surface area contributed by atoms with E-state index >= 15 is 0 Å². The van der Waals surface area contributed by atoms with E-state index in [4.69, 9.17) is 4.74 Å². The Hall–Kier alpha value is -1.95. The van der Waals surface area contributed by atoms with Crippen LogP contribution in [0.5, 0.6) is 0 Å². The van der Waals surface area contributed by atoms with Crippen LogP contribution < -0.4 is 0 Å². The van der Waals surface area contributed by atoms with E-state index in [1.165, 1.54) is 12.1 Å². The number of benzene rings is 1. The molecule has 0 fully saturated rings. The number of nitro groups is 1. The van der Waals surface area contributed by atoms with Crippen molar-refractivity contribution < 1.29 is 9.66 Å². The van der Waals surface area contributed by atoms with Crippen molar-refractivity contribution in [2.75, 3.05) is 13.7 Å². The molecule has 16 heavy (non-hydrogen) atoms. The molecule has 1 heterocycles. The second-order valence-electron chi connectivity index (χ2n) is 3.36. The van der Waals surface area contributed by atoms with Gasteiger partial charge in [0.1, 0.15) is 0 Å². The summed E-state index contributed by atoms with van der Waals surface area (Å²) in [6.45, 7) is 1.11. The fourth-order valence-corrected chi connectivity index (χ4v) is 1.53. The molecule has 6 nitrogen and oxygen atoms in total. The van der Waals surface area contributed by atoms with E-state index < -0.39 is 4.92 Å². The zero-order valence-corrected chi connectivity index (χ0v) is 8.79. The summed E-state index contributed by atoms with van der Waals surface area (Å²) in [5, 5.41) is 15.7. The molecule has 0 saturated carbocycles. The zero-order chi connectivity index (χ0) is 11.5. The Kier molecular flexibility index (Phi) is 2.82. The van der Waals surface area contributed by atoms with Crippen LogP contribution in [0.15, 0.2) is 24.4 Å². The van der Waals surface area contributed by atoms with Crippen molar-refractivity contribution in [1.29, 1.82) is 0 Å². The lowest BCUT2D eigenvalue weighted by atomic mass is 10.2. The van der Waals surface area contributed by atoms with Gasteiger partial charge in [0.05, 0.1) is 29.8 Å². The van der Waals surface area contributed by atoms with Crippen molar-refractivity contribution in [3.63, 3.8) is 0 Å². The molecule has 0 spiro atoms. The van der Waals surface area contributed by atoms with Gasteiger partial charge >= 0.3 is 0 Å². The fraction of sp³-hybridized carbons (Fsp3) is 0.300. The van der Waals surface area contributed by atoms with E-state index in [9.17, 15) is 10.1 Å². The van der Waals surface area contributed by atoms with Gasteiger partial charge in [-0.25, -0.2) is 0 Å². The van der Waals surface area contributed by atoms with Crippen molar-refractivity contribution in [2.24, 2.45) is 0 Å². The van der Waals surface area contributed by atoms with Crippen molar-refractivity contribution in [1.82, 2.24) is 9.78 Å². The predicted molar refractivity (Wildman–Crippen MR) is 58.3 cm³/mol. The van der Waals surface area contributed by atoms with Crippen LogP contribution in [0.4, 0.5) is 5.69 Å². The van der Waals surface area contributed by atoms with Crippen LogP contribution in [0.3, 0.4) is 0 Å². The lowest BCUT2D eigenvalue weighted by Crippen LogP contribution is -2.05. The first-order chi connectivity index (χ1) is 7.72. The first kappa shape index (κ1) is 10.6. The van der Waals surface area contributed by atoms with E-state index in [0.717, 1.165) is 10.9 Å². The molecular formula is C10H11N3O3. The Bertz CT molecular complexity index is 521. The van der Waals surface area contributed by atoms with Gasteiger partial charge in [-0.05, 0) is 6.07 Å². The summed E-state index contributed by atoms with van der Waals surface area (Å²) in [6.07, 6.45) is 1.69. The number of nitrogens with zero attached hydrogens (tertiary/aromatic N) is 3. The van der Waals surface area contributed by atoms with Crippen LogP contribution in [-0.2, 0) is 11.3 Å². The molecule has 6 heteroatoms. The number of hydrogen-bond acceptors (Lipinski definition) is 4. The maximum atomic E-state index is 10.6. The van der Waals surface area contributed by atoms with Gasteiger partial charge in [-0.2, -0.15) is 5.10 Å². The largest absolute Gasteiger partial charge is 0.383 e. The summed E-state index contributed by atoms with van der Waals surface area (Å²) in [6, 6.07) is 4.70. The quantitative estimate of drug-likeness (QED) is 0.580. The van der Waals surface area contributed by atoms with Gasteiger partial charge in [0.15, 0.2) is 0 Å². The molecule has 0 N–H and O–H groups in total. The number of fused-ring (bicyclic) bond motifs is 1. The predicted octanol–water partition coefficient (Wildman–Crippen LogP) is 1.59. The number of non-ortho nitro benzene ring substituents is 1. The highest BCUT2D eigenvalue weighted by Gasteiger charge is 2.09. The highest BCUT2D eigenvalue weighted by atomic mass is 16.6. The number of hydrogen-bond donors (Lipinski definition) is 0. The maximum absolute atomic E-state index is 10.6. The molecule has 84 valence electrons. The minimum Gasteiger partial charge on any atom is -0.383 e. The van der Waals surface area contributed by atoms with E-state index in [1.807, 2.05) is 0 Å². The Morgan fingerprint density at radius 2 is 2.38 bits per heavy atom. The van der Waals surface area contributed by atoms with Gasteiger partial charge in [-0.1, -0.05) is 0 Å². The molecule has 0 saturated heterocycles. The molecule has 0 unspecified atom stereocenters. The topological polar surface area (TPSA) is 70.2 Å². The van der Waals surface area contributed by atoms with Crippen LogP contribution in [-0.4, -0.2) is 28.4 Å². The normalized spacial score (nSPS) is 10.8. The third kappa shape index (κ3) is 1.87. The third-order valence-corrected chi connectivity index (χ3v) is 2.35. The SMILES string of the molecule is COCCn1ncc2ccc([N+](=O)[O-])cc21. The Labute approximate surface area is 91.6 Å². The molecule has 2 rings (SSSR count). The number of aromatic nitrogens is 2. The average molecular weight is 221 g/mol. The maximum Gasteiger partial charge on any atom is 0.271 e. The lowest BCUT2D eigenvalue weighted by Gasteiger charge is -2.01. The number of rotatable bonds is 4. The van der Waals surface area contributed by atoms with E-state index in [0.29, 0.717) is 13.2 Å². The molecule has 1 aromatic carbocycles. The monoisotopic (exact) mass is 221 g/mol. The second kappa shape index (κ2) is 4.28. The van der Waals surface area contributed by atoms with Gasteiger partial charge in [-0.15, -0.1) is 0 Å². The number of ether oxygens (including phenoxy) is 1. The van der Waals surface area contributed by atoms with Gasteiger partial charge in [0.25, 0.3) is 5.69 Å². The van der Waals surface area contributed by atoms with Crippen LogP contribution in [0.1, 0.15) is 0 Å². The highest BCUT2D eigenvalue weighted by molar-refractivity contribution is 5.80. The van der Waals surface area contributed by atoms with Crippen molar-refractivity contribution in [3.8, 4) is 0 Å². The fourth-order valence-electron chi connectivity index (χ4n) is 1.53. The van der Waals surface area contributed by atoms with E-state index in [-0.39, 0.29) is 5.69 Å². The van der Waals surface area contributed by atoms with E-state index in [1.54, 1.807) is 24.1 Å². The first-order valence-electron chi connectivity index (χ1n) is 4.81. The molecule has 0 aliphatic rings. The van der Waals surface area contributed by atoms with Crippen LogP contribution >= 0.6 is 0 Å². The molecule has 0 aliphatic heterocycles. The summed E-state index contributed by atoms with van der Waals surface area (Å²) >= 11 is 0. The Balaban J connectivity index is 2.43. The smallest absolute Gasteiger partial charge is 0.271 e. The van der Waals surface area contributed by atoms with Crippen molar-refractivity contribution >= 4 is 16.6 Å². The molecule has 0 amide bonds. The summed E-state index contributed by atoms with van der Waals surface area (Å²) in [4.78, 5) is 10.2. The van der Waals surface area contributed by atoms with Gasteiger partial charge < -0.3 is 4.74 Å². The molecular weight excluding hydrogens is 210 g/mol. The molecule has 0 radical (unpaired) electrons. The minimum absolute atomic E-state index is 0.0756. The third-order valence-electron chi connectivity index (χ3n) is 2.35. The molecule has 0 aliphatic carbocycles. The van der Waals surface area contributed by atoms with Crippen LogP contribution in [0.2, 0.25) is 0 Å². The van der Waals surface area contributed by atoms with Crippen LogP contribution in [0, 0.1) is 10.1 Å². The molecule has 2 aromatic rings. The minimum atomic E-state index is -0.410. The van der Waals surface area contributed by atoms with Gasteiger partial charge in [-0.3, -0.25) is 14.8 Å². The molecule has 0 atom stereocenters. The van der Waals surface area contributed by atoms with E-state index in [2.05, 4.69) is 5.10 Å². The number of nitro benzene ring substituents is 1. The standard InChI is InChI=1S/C10H11N3O3/c1-16-5-4-12-10-6-9(13(14)15)3-2-8(10)7-11-12/h2-3,6-7H,4-5H2,1H3. The van der Waals surface area contributed by atoms with Crippen LogP contribution in [0.25, 0.3) is 10.9 Å². The summed E-state index contributed by atoms with van der Waals surface area (Å²) < 4.78 is 6.65. The summed E-state index contributed by atoms with van der Waals surface area (Å²) in [7, 11) is 1.61. The molecule has 1 aromatic heterocycles. The second-order valence-corrected chi connectivity index (χ2v) is 3.36. The first-order valence-corrected chi connectivity index (χ1v) is 4.81. The Morgan fingerprint density at radius 1 is 1.56 bits per heavy atom. The van der Waals surface area contributed by atoms with Crippen molar-refractivity contribution in [2.45, 2.75) is 6.54 Å². The highest BCUT2D eigenvalue weighted by Crippen LogP contribution is 2.20. The lowest BCUT2D eigenvalue weighted by molar-refractivity contribution is -0.384. The number of methoxy groups -OCH3 is 1. The Morgan fingerprint density at radius 3 is 3.06 bits per heavy atom. The zero-order valence-electron chi connectivity index (χ0n) is 8.79. The van der Waals surface area contributed by atoms with Gasteiger partial charge in [0, 0.05) is 24.6 Å². The van der Waals surface area contributed by atoms with Crippen molar-refractivity contribution in [3.05, 3.63) is 34.5 Å². The average Bonchev–Trinajstić information content (AvgIpc) is 2.68. The van der Waals surface area contributed by atoms with Gasteiger partial charge in [0.2, 0.25) is 0 Å². The molecule has 0 bridgehead atoms. The summed E-state index contributed by atoms with van der Waals surface area (Å²) in [5.41, 5.74) is 0.831.